The SMILES string of the molecule is CCC(=C(c1ccc(O)cc1)c1ccc(OCCN2CCN(c3cnc(-c4ccc5c(c4)C(=O)NC5=O)cn3)CC2)cc1)c1ccccc1. The van der Waals surface area contributed by atoms with Gasteiger partial charge in [0.05, 0.1) is 29.2 Å². The van der Waals surface area contributed by atoms with Crippen molar-refractivity contribution in [2.75, 3.05) is 44.2 Å². The molecule has 49 heavy (non-hydrogen) atoms. The number of benzene rings is 4. The second-order valence-corrected chi connectivity index (χ2v) is 12.1. The summed E-state index contributed by atoms with van der Waals surface area (Å²) in [6, 6.07) is 31.3. The fraction of sp³-hybridized carbons (Fsp3) is 0.200. The lowest BCUT2D eigenvalue weighted by molar-refractivity contribution is 0.0879. The number of allylic oxidation sites excluding steroid dienone is 1. The van der Waals surface area contributed by atoms with Crippen LogP contribution in [0.1, 0.15) is 50.8 Å². The zero-order chi connectivity index (χ0) is 33.7. The molecule has 2 aliphatic rings. The van der Waals surface area contributed by atoms with E-state index in [4.69, 9.17) is 4.74 Å². The Morgan fingerprint density at radius 3 is 2.14 bits per heavy atom. The molecule has 5 aromatic rings. The van der Waals surface area contributed by atoms with Crippen LogP contribution in [-0.2, 0) is 0 Å². The molecule has 0 atom stereocenters. The molecule has 4 aromatic carbocycles. The molecule has 0 aliphatic carbocycles. The number of amides is 2. The Balaban J connectivity index is 0.939. The van der Waals surface area contributed by atoms with Crippen molar-refractivity contribution < 1.29 is 19.4 Å². The summed E-state index contributed by atoms with van der Waals surface area (Å²) in [5.41, 5.74) is 7.88. The summed E-state index contributed by atoms with van der Waals surface area (Å²) in [6.07, 6.45) is 4.34. The smallest absolute Gasteiger partial charge is 0.258 e. The van der Waals surface area contributed by atoms with Gasteiger partial charge < -0.3 is 14.7 Å². The number of phenolic OH excluding ortho intramolecular Hbond substituents is 1. The number of fused-ring (bicyclic) bond motifs is 1. The number of hydrogen-bond donors (Lipinski definition) is 2. The number of anilines is 1. The summed E-state index contributed by atoms with van der Waals surface area (Å²) in [5, 5.41) is 12.2. The second-order valence-electron chi connectivity index (χ2n) is 12.1. The molecule has 1 fully saturated rings. The van der Waals surface area contributed by atoms with Crippen molar-refractivity contribution in [3.05, 3.63) is 137 Å². The van der Waals surface area contributed by atoms with Crippen LogP contribution in [0.2, 0.25) is 0 Å². The monoisotopic (exact) mass is 651 g/mol. The number of phenols is 1. The van der Waals surface area contributed by atoms with Crippen LogP contribution >= 0.6 is 0 Å². The highest BCUT2D eigenvalue weighted by Gasteiger charge is 2.27. The number of rotatable bonds is 10. The highest BCUT2D eigenvalue weighted by atomic mass is 16.5. The average Bonchev–Trinajstić information content (AvgIpc) is 3.44. The highest BCUT2D eigenvalue weighted by molar-refractivity contribution is 6.21. The van der Waals surface area contributed by atoms with Crippen molar-refractivity contribution in [1.29, 1.82) is 0 Å². The van der Waals surface area contributed by atoms with E-state index in [1.54, 1.807) is 42.7 Å². The fourth-order valence-corrected chi connectivity index (χ4v) is 6.48. The Morgan fingerprint density at radius 1 is 0.776 bits per heavy atom. The molecule has 0 unspecified atom stereocenters. The number of ether oxygens (including phenoxy) is 1. The van der Waals surface area contributed by atoms with Crippen molar-refractivity contribution in [1.82, 2.24) is 20.2 Å². The van der Waals surface area contributed by atoms with E-state index >= 15 is 0 Å². The molecule has 7 rings (SSSR count). The van der Waals surface area contributed by atoms with E-state index in [1.807, 2.05) is 30.3 Å². The molecule has 1 saturated heterocycles. The standard InChI is InChI=1S/C40H37N5O4/c1-2-33(27-6-4-3-5-7-27)38(28-8-13-31(46)14-9-28)29-10-15-32(16-11-29)49-23-22-44-18-20-45(21-19-44)37-26-41-36(25-42-37)30-12-17-34-35(24-30)40(48)43-39(34)47/h3-17,24-26,46H,2,18-23H2,1H3,(H,43,47,48). The van der Waals surface area contributed by atoms with Crippen molar-refractivity contribution in [2.24, 2.45) is 0 Å². The van der Waals surface area contributed by atoms with Crippen LogP contribution in [0, 0.1) is 0 Å². The predicted octanol–water partition coefficient (Wildman–Crippen LogP) is 6.30. The van der Waals surface area contributed by atoms with Gasteiger partial charge in [-0.25, -0.2) is 4.98 Å². The number of piperazine rings is 1. The van der Waals surface area contributed by atoms with Crippen LogP contribution in [0.25, 0.3) is 22.4 Å². The van der Waals surface area contributed by atoms with Crippen molar-refractivity contribution in [3.63, 3.8) is 0 Å². The van der Waals surface area contributed by atoms with Gasteiger partial charge in [0.1, 0.15) is 23.9 Å². The molecule has 2 aliphatic heterocycles. The molecule has 2 N–H and O–H groups in total. The first-order valence-corrected chi connectivity index (χ1v) is 16.6. The van der Waals surface area contributed by atoms with Crippen LogP contribution in [0.5, 0.6) is 11.5 Å². The van der Waals surface area contributed by atoms with Crippen LogP contribution in [-0.4, -0.2) is 71.1 Å². The van der Waals surface area contributed by atoms with Gasteiger partial charge in [-0.2, -0.15) is 0 Å². The second kappa shape index (κ2) is 14.1. The first-order chi connectivity index (χ1) is 24.0. The zero-order valence-electron chi connectivity index (χ0n) is 27.3. The minimum absolute atomic E-state index is 0.249. The van der Waals surface area contributed by atoms with E-state index in [0.717, 1.165) is 73.0 Å². The minimum Gasteiger partial charge on any atom is -0.508 e. The zero-order valence-corrected chi connectivity index (χ0v) is 27.3. The molecular weight excluding hydrogens is 614 g/mol. The van der Waals surface area contributed by atoms with Crippen molar-refractivity contribution >= 4 is 28.8 Å². The molecule has 3 heterocycles. The third kappa shape index (κ3) is 6.93. The van der Waals surface area contributed by atoms with E-state index in [2.05, 4.69) is 68.4 Å². The van der Waals surface area contributed by atoms with E-state index in [0.29, 0.717) is 23.4 Å². The molecule has 0 saturated carbocycles. The Hall–Kier alpha value is -5.80. The third-order valence-electron chi connectivity index (χ3n) is 9.12. The molecule has 9 nitrogen and oxygen atoms in total. The van der Waals surface area contributed by atoms with E-state index < -0.39 is 0 Å². The quantitative estimate of drug-likeness (QED) is 0.134. The number of hydrogen-bond acceptors (Lipinski definition) is 8. The lowest BCUT2D eigenvalue weighted by atomic mass is 9.88. The number of imide groups is 1. The molecule has 1 aromatic heterocycles. The summed E-state index contributed by atoms with van der Waals surface area (Å²) in [6.45, 7) is 7.02. The number of aromatic hydroxyl groups is 1. The molecule has 2 amide bonds. The normalized spacial score (nSPS) is 15.1. The van der Waals surface area contributed by atoms with Crippen LogP contribution in [0.15, 0.2) is 109 Å². The van der Waals surface area contributed by atoms with E-state index in [-0.39, 0.29) is 17.6 Å². The summed E-state index contributed by atoms with van der Waals surface area (Å²) in [5.74, 6) is 1.14. The van der Waals surface area contributed by atoms with E-state index in [1.165, 1.54) is 11.1 Å². The largest absolute Gasteiger partial charge is 0.508 e. The predicted molar refractivity (Wildman–Crippen MR) is 191 cm³/mol. The fourth-order valence-electron chi connectivity index (χ4n) is 6.48. The van der Waals surface area contributed by atoms with Gasteiger partial charge in [0.25, 0.3) is 11.8 Å². The Labute approximate surface area is 285 Å². The lowest BCUT2D eigenvalue weighted by Gasteiger charge is -2.35. The topological polar surface area (TPSA) is 108 Å². The third-order valence-corrected chi connectivity index (χ3v) is 9.12. The molecule has 0 spiro atoms. The lowest BCUT2D eigenvalue weighted by Crippen LogP contribution is -2.47. The average molecular weight is 652 g/mol. The minimum atomic E-state index is -0.384. The van der Waals surface area contributed by atoms with Crippen LogP contribution in [0.4, 0.5) is 5.82 Å². The van der Waals surface area contributed by atoms with Gasteiger partial charge in [-0.15, -0.1) is 0 Å². The maximum absolute atomic E-state index is 12.0. The van der Waals surface area contributed by atoms with Gasteiger partial charge in [0, 0.05) is 38.3 Å². The first kappa shape index (κ1) is 31.8. The van der Waals surface area contributed by atoms with Crippen molar-refractivity contribution in [3.8, 4) is 22.8 Å². The summed E-state index contributed by atoms with van der Waals surface area (Å²) < 4.78 is 6.17. The summed E-state index contributed by atoms with van der Waals surface area (Å²) in [4.78, 5) is 37.8. The summed E-state index contributed by atoms with van der Waals surface area (Å²) >= 11 is 0. The maximum atomic E-state index is 12.0. The van der Waals surface area contributed by atoms with Crippen LogP contribution < -0.4 is 15.0 Å². The van der Waals surface area contributed by atoms with Gasteiger partial charge in [-0.05, 0) is 70.7 Å². The van der Waals surface area contributed by atoms with Gasteiger partial charge in [-0.1, -0.05) is 67.6 Å². The molecule has 246 valence electrons. The number of carbonyl (C=O) groups is 2. The Bertz CT molecular complexity index is 1980. The Morgan fingerprint density at radius 2 is 1.47 bits per heavy atom. The number of nitrogens with one attached hydrogen (secondary N) is 1. The first-order valence-electron chi connectivity index (χ1n) is 16.6. The number of nitrogens with zero attached hydrogens (tertiary/aromatic N) is 4. The molecule has 9 heteroatoms. The van der Waals surface area contributed by atoms with Crippen LogP contribution in [0.3, 0.4) is 0 Å². The number of carbonyl (C=O) groups excluding carboxylic acids is 2. The van der Waals surface area contributed by atoms with Gasteiger partial charge in [0.2, 0.25) is 0 Å². The van der Waals surface area contributed by atoms with Gasteiger partial charge >= 0.3 is 0 Å². The van der Waals surface area contributed by atoms with Gasteiger partial charge in [-0.3, -0.25) is 24.8 Å². The van der Waals surface area contributed by atoms with Gasteiger partial charge in [0.15, 0.2) is 0 Å². The van der Waals surface area contributed by atoms with E-state index in [9.17, 15) is 14.7 Å². The molecule has 0 radical (unpaired) electrons. The highest BCUT2D eigenvalue weighted by Crippen LogP contribution is 2.35. The van der Waals surface area contributed by atoms with Crippen molar-refractivity contribution in [2.45, 2.75) is 13.3 Å². The Kier molecular flexibility index (Phi) is 9.16. The summed E-state index contributed by atoms with van der Waals surface area (Å²) in [7, 11) is 0. The molecular formula is C40H37N5O4. The number of aromatic nitrogens is 2. The molecule has 0 bridgehead atoms. The maximum Gasteiger partial charge on any atom is 0.258 e.